The summed E-state index contributed by atoms with van der Waals surface area (Å²) in [6.45, 7) is 4.67. The van der Waals surface area contributed by atoms with Crippen molar-refractivity contribution in [3.63, 3.8) is 0 Å². The first-order chi connectivity index (χ1) is 15.3. The second-order valence-corrected chi connectivity index (χ2v) is 10.8. The number of nitrogens with zero attached hydrogens (tertiary/aromatic N) is 2. The van der Waals surface area contributed by atoms with Crippen molar-refractivity contribution < 1.29 is 0 Å². The van der Waals surface area contributed by atoms with E-state index in [9.17, 15) is 0 Å². The van der Waals surface area contributed by atoms with Gasteiger partial charge < -0.3 is 0 Å². The summed E-state index contributed by atoms with van der Waals surface area (Å²) in [4.78, 5) is 9.74. The molecule has 176 valence electrons. The van der Waals surface area contributed by atoms with Crippen molar-refractivity contribution in [2.24, 2.45) is 23.7 Å². The summed E-state index contributed by atoms with van der Waals surface area (Å²) < 4.78 is 0. The fraction of sp³-hybridized carbons (Fsp3) is 0.862. The fourth-order valence-corrected chi connectivity index (χ4v) is 6.42. The van der Waals surface area contributed by atoms with Gasteiger partial charge in [-0.2, -0.15) is 0 Å². The zero-order valence-corrected chi connectivity index (χ0v) is 20.8. The minimum absolute atomic E-state index is 0.826. The first-order valence-corrected chi connectivity index (χ1v) is 14.1. The van der Waals surface area contributed by atoms with Crippen molar-refractivity contribution in [2.45, 2.75) is 136 Å². The summed E-state index contributed by atoms with van der Waals surface area (Å²) in [5.74, 6) is 4.78. The molecule has 2 fully saturated rings. The monoisotopic (exact) mass is 426 g/mol. The molecule has 3 rings (SSSR count). The lowest BCUT2D eigenvalue weighted by molar-refractivity contribution is 0.123. The molecule has 0 aromatic carbocycles. The summed E-state index contributed by atoms with van der Waals surface area (Å²) >= 11 is 0. The fourth-order valence-electron chi connectivity index (χ4n) is 6.42. The second-order valence-electron chi connectivity index (χ2n) is 10.8. The van der Waals surface area contributed by atoms with Crippen molar-refractivity contribution in [1.29, 1.82) is 0 Å². The molecule has 0 radical (unpaired) electrons. The van der Waals surface area contributed by atoms with E-state index in [2.05, 4.69) is 26.2 Å². The topological polar surface area (TPSA) is 25.8 Å². The van der Waals surface area contributed by atoms with Crippen molar-refractivity contribution in [3.8, 4) is 0 Å². The minimum atomic E-state index is 0.826. The largest absolute Gasteiger partial charge is 0.241 e. The molecule has 1 unspecified atom stereocenters. The Morgan fingerprint density at radius 1 is 0.742 bits per heavy atom. The highest BCUT2D eigenvalue weighted by atomic mass is 14.9. The molecule has 0 N–H and O–H groups in total. The first-order valence-electron chi connectivity index (χ1n) is 14.1. The molecule has 1 aromatic rings. The standard InChI is InChI=1S/C29H50N2/c1-3-5-6-7-8-9-11-14-25-22-30-29(31-23-25)21-28(26-15-12-10-13-16-26)27-19-17-24(4-2)18-20-27/h22-24,26-28H,3-21H2,1-2H3. The molecule has 0 saturated heterocycles. The molecule has 1 aromatic heterocycles. The van der Waals surface area contributed by atoms with Gasteiger partial charge in [-0.3, -0.25) is 0 Å². The molecule has 2 aliphatic rings. The summed E-state index contributed by atoms with van der Waals surface area (Å²) in [5, 5.41) is 0. The van der Waals surface area contributed by atoms with Crippen molar-refractivity contribution >= 4 is 0 Å². The van der Waals surface area contributed by atoms with Gasteiger partial charge in [0.15, 0.2) is 0 Å². The molecule has 0 aliphatic heterocycles. The lowest BCUT2D eigenvalue weighted by Crippen LogP contribution is -2.31. The maximum absolute atomic E-state index is 4.87. The van der Waals surface area contributed by atoms with Crippen LogP contribution in [0.4, 0.5) is 0 Å². The summed E-state index contributed by atoms with van der Waals surface area (Å²) in [6, 6.07) is 0. The van der Waals surface area contributed by atoms with Gasteiger partial charge in [0.1, 0.15) is 5.82 Å². The molecule has 1 atom stereocenters. The van der Waals surface area contributed by atoms with Gasteiger partial charge in [-0.1, -0.05) is 104 Å². The van der Waals surface area contributed by atoms with Gasteiger partial charge in [-0.25, -0.2) is 9.97 Å². The Kier molecular flexibility index (Phi) is 11.4. The van der Waals surface area contributed by atoms with Gasteiger partial charge in [0.05, 0.1) is 0 Å². The van der Waals surface area contributed by atoms with Crippen LogP contribution in [0, 0.1) is 23.7 Å². The van der Waals surface area contributed by atoms with Crippen molar-refractivity contribution in [2.75, 3.05) is 0 Å². The normalized spacial score (nSPS) is 23.7. The summed E-state index contributed by atoms with van der Waals surface area (Å²) in [7, 11) is 0. The molecular formula is C29H50N2. The van der Waals surface area contributed by atoms with E-state index in [1.54, 1.807) is 0 Å². The highest BCUT2D eigenvalue weighted by Crippen LogP contribution is 2.43. The van der Waals surface area contributed by atoms with Crippen LogP contribution < -0.4 is 0 Å². The Labute approximate surface area is 193 Å². The third-order valence-electron chi connectivity index (χ3n) is 8.58. The average Bonchev–Trinajstić information content (AvgIpc) is 2.83. The number of hydrogen-bond acceptors (Lipinski definition) is 2. The molecule has 31 heavy (non-hydrogen) atoms. The highest BCUT2D eigenvalue weighted by molar-refractivity contribution is 5.06. The molecule has 0 amide bonds. The Balaban J connectivity index is 1.48. The van der Waals surface area contributed by atoms with Crippen LogP contribution in [0.3, 0.4) is 0 Å². The third-order valence-corrected chi connectivity index (χ3v) is 8.58. The molecular weight excluding hydrogens is 376 g/mol. The number of rotatable bonds is 13. The predicted molar refractivity (Wildman–Crippen MR) is 133 cm³/mol. The van der Waals surface area contributed by atoms with E-state index in [0.717, 1.165) is 42.3 Å². The van der Waals surface area contributed by atoms with Crippen LogP contribution in [0.25, 0.3) is 0 Å². The summed E-state index contributed by atoms with van der Waals surface area (Å²) in [5.41, 5.74) is 1.34. The number of aryl methyl sites for hydroxylation is 1. The smallest absolute Gasteiger partial charge is 0.128 e. The lowest BCUT2D eigenvalue weighted by atomic mass is 9.66. The van der Waals surface area contributed by atoms with Gasteiger partial charge >= 0.3 is 0 Å². The van der Waals surface area contributed by atoms with E-state index >= 15 is 0 Å². The van der Waals surface area contributed by atoms with E-state index in [4.69, 9.17) is 9.97 Å². The number of hydrogen-bond donors (Lipinski definition) is 0. The van der Waals surface area contributed by atoms with Gasteiger partial charge in [0, 0.05) is 18.8 Å². The van der Waals surface area contributed by atoms with Gasteiger partial charge in [-0.15, -0.1) is 0 Å². The van der Waals surface area contributed by atoms with Crippen LogP contribution in [0.2, 0.25) is 0 Å². The minimum Gasteiger partial charge on any atom is -0.241 e. The molecule has 0 spiro atoms. The molecule has 2 nitrogen and oxygen atoms in total. The van der Waals surface area contributed by atoms with Gasteiger partial charge in [0.2, 0.25) is 0 Å². The van der Waals surface area contributed by atoms with Crippen LogP contribution in [0.1, 0.15) is 134 Å². The van der Waals surface area contributed by atoms with Crippen molar-refractivity contribution in [3.05, 3.63) is 23.8 Å². The SMILES string of the molecule is CCCCCCCCCc1cnc(CC(C2CCCCC2)C2CCC(CC)CC2)nc1. The first kappa shape index (κ1) is 24.7. The van der Waals surface area contributed by atoms with E-state index in [-0.39, 0.29) is 0 Å². The molecule has 2 heteroatoms. The zero-order chi connectivity index (χ0) is 21.7. The Morgan fingerprint density at radius 3 is 2.00 bits per heavy atom. The number of unbranched alkanes of at least 4 members (excludes halogenated alkanes) is 6. The van der Waals surface area contributed by atoms with E-state index in [1.165, 1.54) is 115 Å². The quantitative estimate of drug-likeness (QED) is 0.295. The average molecular weight is 427 g/mol. The maximum Gasteiger partial charge on any atom is 0.128 e. The van der Waals surface area contributed by atoms with Crippen LogP contribution in [0.15, 0.2) is 12.4 Å². The van der Waals surface area contributed by atoms with Crippen LogP contribution >= 0.6 is 0 Å². The molecule has 0 bridgehead atoms. The van der Waals surface area contributed by atoms with Crippen LogP contribution in [-0.2, 0) is 12.8 Å². The maximum atomic E-state index is 4.87. The molecule has 2 aliphatic carbocycles. The molecule has 2 saturated carbocycles. The summed E-state index contributed by atoms with van der Waals surface area (Å²) in [6.07, 6.45) is 30.6. The van der Waals surface area contributed by atoms with Crippen LogP contribution in [0.5, 0.6) is 0 Å². The van der Waals surface area contributed by atoms with E-state index in [0.29, 0.717) is 0 Å². The van der Waals surface area contributed by atoms with Gasteiger partial charge in [-0.05, 0) is 54.9 Å². The number of aromatic nitrogens is 2. The van der Waals surface area contributed by atoms with Gasteiger partial charge in [0.25, 0.3) is 0 Å². The van der Waals surface area contributed by atoms with Crippen LogP contribution in [-0.4, -0.2) is 9.97 Å². The predicted octanol–water partition coefficient (Wildman–Crippen LogP) is 8.73. The van der Waals surface area contributed by atoms with E-state index in [1.807, 2.05) is 0 Å². The Hall–Kier alpha value is -0.920. The third kappa shape index (κ3) is 8.50. The van der Waals surface area contributed by atoms with Crippen molar-refractivity contribution in [1.82, 2.24) is 9.97 Å². The highest BCUT2D eigenvalue weighted by Gasteiger charge is 2.33. The zero-order valence-electron chi connectivity index (χ0n) is 20.8. The van der Waals surface area contributed by atoms with E-state index < -0.39 is 0 Å². The Morgan fingerprint density at radius 2 is 1.35 bits per heavy atom. The Bertz CT molecular complexity index is 567. The lowest BCUT2D eigenvalue weighted by Gasteiger charge is -2.39. The molecule has 1 heterocycles. The second kappa shape index (κ2) is 14.3.